The summed E-state index contributed by atoms with van der Waals surface area (Å²) in [5.41, 5.74) is 0.681. The molecule has 0 saturated carbocycles. The first-order valence-corrected chi connectivity index (χ1v) is 13.1. The van der Waals surface area contributed by atoms with Crippen molar-refractivity contribution >= 4 is 33.4 Å². The van der Waals surface area contributed by atoms with Gasteiger partial charge in [0.25, 0.3) is 0 Å². The van der Waals surface area contributed by atoms with Crippen LogP contribution < -0.4 is 10.1 Å². The van der Waals surface area contributed by atoms with Gasteiger partial charge in [0, 0.05) is 38.3 Å². The molecular formula is C20H29N5O5S2. The number of ether oxygens (including phenoxy) is 2. The Kier molecular flexibility index (Phi) is 8.51. The van der Waals surface area contributed by atoms with Gasteiger partial charge in [-0.05, 0) is 37.1 Å². The predicted octanol–water partition coefficient (Wildman–Crippen LogP) is 1.80. The molecule has 0 spiro atoms. The molecule has 1 amide bonds. The lowest BCUT2D eigenvalue weighted by Crippen LogP contribution is -2.39. The normalized spacial score (nSPS) is 17.3. The maximum atomic E-state index is 12.4. The lowest BCUT2D eigenvalue weighted by atomic mass is 9.99. The van der Waals surface area contributed by atoms with Gasteiger partial charge in [-0.15, -0.1) is 10.2 Å². The molecule has 2 aromatic rings. The number of aromatic nitrogens is 3. The minimum absolute atomic E-state index is 0.0506. The van der Waals surface area contributed by atoms with Crippen molar-refractivity contribution in [3.63, 3.8) is 0 Å². The number of carbonyl (C=O) groups is 1. The molecule has 12 heteroatoms. The van der Waals surface area contributed by atoms with Gasteiger partial charge in [-0.2, -0.15) is 0 Å². The van der Waals surface area contributed by atoms with Crippen molar-refractivity contribution in [1.29, 1.82) is 0 Å². The third-order valence-corrected chi connectivity index (χ3v) is 7.43. The Morgan fingerprint density at radius 2 is 2.00 bits per heavy atom. The second-order valence-electron chi connectivity index (χ2n) is 7.51. The Hall–Kier alpha value is -2.15. The van der Waals surface area contributed by atoms with Gasteiger partial charge in [-0.3, -0.25) is 4.79 Å². The minimum atomic E-state index is -3.26. The van der Waals surface area contributed by atoms with E-state index in [1.54, 1.807) is 38.5 Å². The van der Waals surface area contributed by atoms with Crippen LogP contribution in [0.3, 0.4) is 0 Å². The number of piperidine rings is 1. The van der Waals surface area contributed by atoms with Gasteiger partial charge >= 0.3 is 0 Å². The molecule has 1 aliphatic heterocycles. The van der Waals surface area contributed by atoms with Gasteiger partial charge in [0.15, 0.2) is 5.16 Å². The average Bonchev–Trinajstić information content (AvgIpc) is 3.19. The molecule has 0 aliphatic carbocycles. The molecule has 176 valence electrons. The quantitative estimate of drug-likeness (QED) is 0.509. The number of methoxy groups -OCH3 is 2. The number of hydrogen-bond donors (Lipinski definition) is 1. The molecule has 1 atom stereocenters. The van der Waals surface area contributed by atoms with Crippen LogP contribution in [0.2, 0.25) is 0 Å². The van der Waals surface area contributed by atoms with E-state index in [9.17, 15) is 13.2 Å². The summed E-state index contributed by atoms with van der Waals surface area (Å²) < 4.78 is 37.8. The Morgan fingerprint density at radius 3 is 2.66 bits per heavy atom. The highest BCUT2D eigenvalue weighted by atomic mass is 32.2. The first-order valence-electron chi connectivity index (χ1n) is 10.3. The van der Waals surface area contributed by atoms with Crippen molar-refractivity contribution in [1.82, 2.24) is 19.1 Å². The van der Waals surface area contributed by atoms with Gasteiger partial charge in [0.2, 0.25) is 15.9 Å². The SMILES string of the molecule is COCCn1c(SCC(=O)Nc2ccc(OC)cc2)nnc1C1CCCN(S(C)(=O)=O)C1. The lowest BCUT2D eigenvalue weighted by molar-refractivity contribution is -0.113. The monoisotopic (exact) mass is 483 g/mol. The van der Waals surface area contributed by atoms with Crippen molar-refractivity contribution in [2.45, 2.75) is 30.5 Å². The van der Waals surface area contributed by atoms with E-state index in [2.05, 4.69) is 15.5 Å². The molecule has 1 N–H and O–H groups in total. The second kappa shape index (κ2) is 11.1. The summed E-state index contributed by atoms with van der Waals surface area (Å²) >= 11 is 1.29. The number of sulfonamides is 1. The van der Waals surface area contributed by atoms with Gasteiger partial charge < -0.3 is 19.4 Å². The number of anilines is 1. The van der Waals surface area contributed by atoms with Crippen LogP contribution in [0.15, 0.2) is 29.4 Å². The number of nitrogens with one attached hydrogen (secondary N) is 1. The molecule has 10 nitrogen and oxygen atoms in total. The van der Waals surface area contributed by atoms with E-state index in [0.29, 0.717) is 42.8 Å². The van der Waals surface area contributed by atoms with Crippen molar-refractivity contribution in [2.75, 3.05) is 51.2 Å². The summed E-state index contributed by atoms with van der Waals surface area (Å²) in [7, 11) is -0.0566. The molecule has 1 aromatic carbocycles. The number of amides is 1. The number of rotatable bonds is 10. The zero-order valence-electron chi connectivity index (χ0n) is 18.5. The zero-order chi connectivity index (χ0) is 23.1. The van der Waals surface area contributed by atoms with Gasteiger partial charge in [0.1, 0.15) is 11.6 Å². The topological polar surface area (TPSA) is 116 Å². The Labute approximate surface area is 192 Å². The number of carbonyl (C=O) groups excluding carboxylic acids is 1. The third-order valence-electron chi connectivity index (χ3n) is 5.19. The van der Waals surface area contributed by atoms with Crippen LogP contribution in [-0.2, 0) is 26.1 Å². The summed E-state index contributed by atoms with van der Waals surface area (Å²) in [5, 5.41) is 12.1. The van der Waals surface area contributed by atoms with E-state index in [1.165, 1.54) is 22.3 Å². The molecule has 1 fully saturated rings. The smallest absolute Gasteiger partial charge is 0.234 e. The summed E-state index contributed by atoms with van der Waals surface area (Å²) in [4.78, 5) is 12.4. The van der Waals surface area contributed by atoms with E-state index < -0.39 is 10.0 Å². The summed E-state index contributed by atoms with van der Waals surface area (Å²) in [5.74, 6) is 1.40. The number of thioether (sulfide) groups is 1. The third kappa shape index (κ3) is 6.44. The molecule has 1 aromatic heterocycles. The highest BCUT2D eigenvalue weighted by Gasteiger charge is 2.30. The largest absolute Gasteiger partial charge is 0.497 e. The highest BCUT2D eigenvalue weighted by Crippen LogP contribution is 2.29. The average molecular weight is 484 g/mol. The van der Waals surface area contributed by atoms with E-state index >= 15 is 0 Å². The maximum Gasteiger partial charge on any atom is 0.234 e. The fourth-order valence-electron chi connectivity index (χ4n) is 3.56. The van der Waals surface area contributed by atoms with Crippen LogP contribution in [0, 0.1) is 0 Å². The lowest BCUT2D eigenvalue weighted by Gasteiger charge is -2.30. The number of hydrogen-bond acceptors (Lipinski definition) is 8. The van der Waals surface area contributed by atoms with Crippen LogP contribution in [0.25, 0.3) is 0 Å². The predicted molar refractivity (Wildman–Crippen MR) is 123 cm³/mol. The van der Waals surface area contributed by atoms with Crippen LogP contribution in [0.1, 0.15) is 24.6 Å². The van der Waals surface area contributed by atoms with Crippen molar-refractivity contribution in [3.05, 3.63) is 30.1 Å². The van der Waals surface area contributed by atoms with Crippen molar-refractivity contribution in [2.24, 2.45) is 0 Å². The Morgan fingerprint density at radius 1 is 1.25 bits per heavy atom. The molecule has 2 heterocycles. The molecule has 0 radical (unpaired) electrons. The molecule has 3 rings (SSSR count). The molecule has 1 saturated heterocycles. The van der Waals surface area contributed by atoms with Crippen LogP contribution >= 0.6 is 11.8 Å². The first kappa shape index (κ1) is 24.5. The maximum absolute atomic E-state index is 12.4. The Balaban J connectivity index is 1.68. The minimum Gasteiger partial charge on any atom is -0.497 e. The Bertz CT molecular complexity index is 1010. The standard InChI is InChI=1S/C20H29N5O5S2/c1-29-12-11-25-19(15-5-4-10-24(13-15)32(3,27)28)22-23-20(25)31-14-18(26)21-16-6-8-17(30-2)9-7-16/h6-9,15H,4-5,10-14H2,1-3H3,(H,21,26). The number of benzene rings is 1. The fourth-order valence-corrected chi connectivity index (χ4v) is 5.24. The summed E-state index contributed by atoms with van der Waals surface area (Å²) in [6, 6.07) is 7.11. The van der Waals surface area contributed by atoms with Gasteiger partial charge in [0.05, 0.1) is 25.7 Å². The van der Waals surface area contributed by atoms with Crippen LogP contribution in [-0.4, -0.2) is 79.3 Å². The van der Waals surface area contributed by atoms with E-state index in [4.69, 9.17) is 9.47 Å². The first-order chi connectivity index (χ1) is 15.3. The fraction of sp³-hybridized carbons (Fsp3) is 0.550. The van der Waals surface area contributed by atoms with Crippen LogP contribution in [0.5, 0.6) is 5.75 Å². The molecule has 32 heavy (non-hydrogen) atoms. The van der Waals surface area contributed by atoms with Crippen LogP contribution in [0.4, 0.5) is 5.69 Å². The number of nitrogens with zero attached hydrogens (tertiary/aromatic N) is 4. The summed E-state index contributed by atoms with van der Waals surface area (Å²) in [6.07, 6.45) is 2.83. The highest BCUT2D eigenvalue weighted by molar-refractivity contribution is 7.99. The molecule has 1 unspecified atom stereocenters. The van der Waals surface area contributed by atoms with E-state index in [-0.39, 0.29) is 17.6 Å². The molecular weight excluding hydrogens is 454 g/mol. The van der Waals surface area contributed by atoms with E-state index in [1.807, 2.05) is 4.57 Å². The molecule has 1 aliphatic rings. The van der Waals surface area contributed by atoms with Crippen molar-refractivity contribution in [3.8, 4) is 5.75 Å². The zero-order valence-corrected chi connectivity index (χ0v) is 20.1. The summed E-state index contributed by atoms with van der Waals surface area (Å²) in [6.45, 7) is 1.89. The second-order valence-corrected chi connectivity index (χ2v) is 10.4. The van der Waals surface area contributed by atoms with Crippen molar-refractivity contribution < 1.29 is 22.7 Å². The van der Waals surface area contributed by atoms with Gasteiger partial charge in [-0.1, -0.05) is 11.8 Å². The van der Waals surface area contributed by atoms with Gasteiger partial charge in [-0.25, -0.2) is 12.7 Å². The van der Waals surface area contributed by atoms with E-state index in [0.717, 1.165) is 18.7 Å². The molecule has 0 bridgehead atoms.